The molecule has 9 aromatic carbocycles. The summed E-state index contributed by atoms with van der Waals surface area (Å²) in [6, 6.07) is 70.7. The van der Waals surface area contributed by atoms with Gasteiger partial charge >= 0.3 is 0 Å². The number of rotatable bonds is 6. The van der Waals surface area contributed by atoms with Crippen molar-refractivity contribution in [3.05, 3.63) is 200 Å². The van der Waals surface area contributed by atoms with Crippen LogP contribution in [0, 0.1) is 0 Å². The Hall–Kier alpha value is -7.36. The first-order valence-corrected chi connectivity index (χ1v) is 18.7. The van der Waals surface area contributed by atoms with Crippen molar-refractivity contribution in [2.75, 3.05) is 4.90 Å². The van der Waals surface area contributed by atoms with Crippen LogP contribution in [0.4, 0.5) is 17.1 Å². The zero-order valence-corrected chi connectivity index (χ0v) is 29.8. The van der Waals surface area contributed by atoms with Gasteiger partial charge in [-0.25, -0.2) is 0 Å². The van der Waals surface area contributed by atoms with Gasteiger partial charge in [0.15, 0.2) is 0 Å². The largest absolute Gasteiger partial charge is 0.456 e. The van der Waals surface area contributed by atoms with Gasteiger partial charge in [-0.2, -0.15) is 0 Å². The summed E-state index contributed by atoms with van der Waals surface area (Å²) in [6.45, 7) is 0. The summed E-state index contributed by atoms with van der Waals surface area (Å²) < 4.78 is 13.0. The van der Waals surface area contributed by atoms with Gasteiger partial charge in [-0.15, -0.1) is 0 Å². The molecular weight excluding hydrogens is 671 g/mol. The summed E-state index contributed by atoms with van der Waals surface area (Å²) in [7, 11) is 0. The Morgan fingerprint density at radius 1 is 0.291 bits per heavy atom. The molecule has 3 heteroatoms. The van der Waals surface area contributed by atoms with Gasteiger partial charge in [0, 0.05) is 49.6 Å². The van der Waals surface area contributed by atoms with Gasteiger partial charge in [-0.3, -0.25) is 0 Å². The van der Waals surface area contributed by atoms with Crippen molar-refractivity contribution in [1.82, 2.24) is 0 Å². The summed E-state index contributed by atoms with van der Waals surface area (Å²) in [6.07, 6.45) is 0. The number of hydrogen-bond acceptors (Lipinski definition) is 3. The van der Waals surface area contributed by atoms with E-state index < -0.39 is 0 Å². The average molecular weight is 704 g/mol. The highest BCUT2D eigenvalue weighted by atomic mass is 16.3. The maximum atomic E-state index is 6.74. The molecule has 0 spiro atoms. The molecule has 0 fully saturated rings. The molecule has 2 heterocycles. The lowest BCUT2D eigenvalue weighted by atomic mass is 9.94. The zero-order valence-electron chi connectivity index (χ0n) is 29.8. The van der Waals surface area contributed by atoms with Crippen molar-refractivity contribution in [1.29, 1.82) is 0 Å². The number of fused-ring (bicyclic) bond motifs is 9. The lowest BCUT2D eigenvalue weighted by molar-refractivity contribution is 0.669. The normalized spacial score (nSPS) is 11.6. The minimum absolute atomic E-state index is 0.870. The molecule has 0 saturated heterocycles. The summed E-state index contributed by atoms with van der Waals surface area (Å²) in [5.41, 5.74) is 13.8. The van der Waals surface area contributed by atoms with Crippen molar-refractivity contribution in [2.45, 2.75) is 0 Å². The van der Waals surface area contributed by atoms with Crippen LogP contribution in [-0.2, 0) is 0 Å². The second kappa shape index (κ2) is 12.6. The monoisotopic (exact) mass is 703 g/mol. The lowest BCUT2D eigenvalue weighted by Gasteiger charge is -2.26. The van der Waals surface area contributed by atoms with Crippen molar-refractivity contribution in [2.24, 2.45) is 0 Å². The summed E-state index contributed by atoms with van der Waals surface area (Å²) in [4.78, 5) is 2.31. The molecule has 0 N–H and O–H groups in total. The Balaban J connectivity index is 1.00. The average Bonchev–Trinajstić information content (AvgIpc) is 3.84. The minimum Gasteiger partial charge on any atom is -0.456 e. The second-order valence-electron chi connectivity index (χ2n) is 14.0. The molecular formula is C52H33NO2. The standard InChI is InChI=1S/C52H33NO2/c1-3-12-34(13-4-1)41-16-7-8-17-42(41)35-22-28-39(29-23-35)53(38-14-5-2-6-15-38)40-30-24-36(25-31-40)43-19-11-20-45-51-48(55-52(43)45)33-27-37-26-32-47-50(49(37)51)44-18-9-10-21-46(44)54-47/h1-33H. The van der Waals surface area contributed by atoms with Crippen molar-refractivity contribution >= 4 is 71.7 Å². The second-order valence-corrected chi connectivity index (χ2v) is 14.0. The van der Waals surface area contributed by atoms with Gasteiger partial charge in [-0.1, -0.05) is 146 Å². The maximum absolute atomic E-state index is 6.74. The fraction of sp³-hybridized carbons (Fsp3) is 0. The molecule has 0 atom stereocenters. The van der Waals surface area contributed by atoms with Crippen LogP contribution in [0.25, 0.3) is 88.0 Å². The minimum atomic E-state index is 0.870. The third-order valence-electron chi connectivity index (χ3n) is 10.9. The van der Waals surface area contributed by atoms with Gasteiger partial charge in [0.2, 0.25) is 0 Å². The van der Waals surface area contributed by atoms with E-state index in [4.69, 9.17) is 8.83 Å². The molecule has 0 amide bonds. The molecule has 0 aliphatic carbocycles. The fourth-order valence-corrected chi connectivity index (χ4v) is 8.36. The van der Waals surface area contributed by atoms with Crippen LogP contribution >= 0.6 is 0 Å². The third kappa shape index (κ3) is 5.13. The Morgan fingerprint density at radius 2 is 0.782 bits per heavy atom. The van der Waals surface area contributed by atoms with Crippen LogP contribution < -0.4 is 4.90 Å². The van der Waals surface area contributed by atoms with Gasteiger partial charge in [-0.05, 0) is 87.8 Å². The highest BCUT2D eigenvalue weighted by Crippen LogP contribution is 2.44. The predicted molar refractivity (Wildman–Crippen MR) is 229 cm³/mol. The van der Waals surface area contributed by atoms with Gasteiger partial charge in [0.05, 0.1) is 0 Å². The van der Waals surface area contributed by atoms with Crippen LogP contribution in [0.3, 0.4) is 0 Å². The number of nitrogens with zero attached hydrogens (tertiary/aromatic N) is 1. The Labute approximate surface area is 317 Å². The fourth-order valence-electron chi connectivity index (χ4n) is 8.36. The first-order valence-electron chi connectivity index (χ1n) is 18.7. The summed E-state index contributed by atoms with van der Waals surface area (Å²) in [5, 5.41) is 6.79. The number of para-hydroxylation sites is 3. The molecule has 258 valence electrons. The molecule has 0 aliphatic rings. The Kier molecular flexibility index (Phi) is 7.17. The Bertz CT molecular complexity index is 3180. The molecule has 11 rings (SSSR count). The molecule has 55 heavy (non-hydrogen) atoms. The topological polar surface area (TPSA) is 29.5 Å². The van der Waals surface area contributed by atoms with Crippen LogP contribution in [0.15, 0.2) is 209 Å². The van der Waals surface area contributed by atoms with Crippen LogP contribution in [0.1, 0.15) is 0 Å². The molecule has 3 nitrogen and oxygen atoms in total. The van der Waals surface area contributed by atoms with E-state index in [2.05, 4.69) is 193 Å². The highest BCUT2D eigenvalue weighted by molar-refractivity contribution is 6.31. The molecule has 0 unspecified atom stereocenters. The van der Waals surface area contributed by atoms with Crippen molar-refractivity contribution in [3.8, 4) is 33.4 Å². The predicted octanol–water partition coefficient (Wildman–Crippen LogP) is 15.1. The van der Waals surface area contributed by atoms with E-state index in [0.29, 0.717) is 0 Å². The van der Waals surface area contributed by atoms with Crippen LogP contribution in [0.2, 0.25) is 0 Å². The van der Waals surface area contributed by atoms with E-state index in [9.17, 15) is 0 Å². The molecule has 2 aromatic heterocycles. The van der Waals surface area contributed by atoms with E-state index in [1.54, 1.807) is 0 Å². The smallest absolute Gasteiger partial charge is 0.143 e. The summed E-state index contributed by atoms with van der Waals surface area (Å²) >= 11 is 0. The first kappa shape index (κ1) is 31.2. The van der Waals surface area contributed by atoms with Crippen molar-refractivity contribution in [3.63, 3.8) is 0 Å². The third-order valence-corrected chi connectivity index (χ3v) is 10.9. The van der Waals surface area contributed by atoms with Gasteiger partial charge in [0.1, 0.15) is 22.3 Å². The van der Waals surface area contributed by atoms with Gasteiger partial charge < -0.3 is 13.7 Å². The molecule has 0 radical (unpaired) electrons. The van der Waals surface area contributed by atoms with Crippen molar-refractivity contribution < 1.29 is 8.83 Å². The first-order chi connectivity index (χ1) is 27.3. The van der Waals surface area contributed by atoms with E-state index in [1.807, 2.05) is 12.1 Å². The molecule has 0 aliphatic heterocycles. The molecule has 0 saturated carbocycles. The lowest BCUT2D eigenvalue weighted by Crippen LogP contribution is -2.09. The quantitative estimate of drug-likeness (QED) is 0.173. The number of benzene rings is 9. The van der Waals surface area contributed by atoms with Crippen LogP contribution in [-0.4, -0.2) is 0 Å². The van der Waals surface area contributed by atoms with E-state index in [1.165, 1.54) is 33.0 Å². The molecule has 0 bridgehead atoms. The summed E-state index contributed by atoms with van der Waals surface area (Å²) in [5.74, 6) is 0. The number of anilines is 3. The maximum Gasteiger partial charge on any atom is 0.143 e. The Morgan fingerprint density at radius 3 is 1.47 bits per heavy atom. The molecule has 11 aromatic rings. The van der Waals surface area contributed by atoms with Gasteiger partial charge in [0.25, 0.3) is 0 Å². The van der Waals surface area contributed by atoms with E-state index >= 15 is 0 Å². The highest BCUT2D eigenvalue weighted by Gasteiger charge is 2.20. The number of furan rings is 2. The SMILES string of the molecule is c1ccc(-c2ccccc2-c2ccc(N(c3ccccc3)c3ccc(-c4cccc5c4oc4ccc6ccc7oc8ccccc8c7c6c45)cc3)cc2)cc1. The van der Waals surface area contributed by atoms with E-state index in [-0.39, 0.29) is 0 Å². The number of hydrogen-bond donors (Lipinski definition) is 0. The zero-order chi connectivity index (χ0) is 36.3. The van der Waals surface area contributed by atoms with E-state index in [0.717, 1.165) is 72.1 Å². The van der Waals surface area contributed by atoms with Crippen LogP contribution in [0.5, 0.6) is 0 Å².